The highest BCUT2D eigenvalue weighted by Gasteiger charge is 2.24. The molecule has 0 radical (unpaired) electrons. The summed E-state index contributed by atoms with van der Waals surface area (Å²) in [7, 11) is 1.95. The SMILES string of the molecule is Cc1cccc2c1c(-c1ccc(C(=O)N3CCCC(C#N)C3)cc1)nn2C. The molecule has 0 bridgehead atoms. The summed E-state index contributed by atoms with van der Waals surface area (Å²) < 4.78 is 1.90. The maximum atomic E-state index is 12.8. The van der Waals surface area contributed by atoms with Crippen molar-refractivity contribution in [2.45, 2.75) is 19.8 Å². The fraction of sp³-hybridized carbons (Fsp3) is 0.318. The van der Waals surface area contributed by atoms with E-state index in [2.05, 4.69) is 25.1 Å². The van der Waals surface area contributed by atoms with Crippen LogP contribution in [0.25, 0.3) is 22.2 Å². The Balaban J connectivity index is 1.64. The van der Waals surface area contributed by atoms with Gasteiger partial charge in [-0.1, -0.05) is 24.3 Å². The maximum Gasteiger partial charge on any atom is 0.253 e. The molecule has 0 aliphatic carbocycles. The van der Waals surface area contributed by atoms with Crippen LogP contribution in [0.15, 0.2) is 42.5 Å². The Bertz CT molecular complexity index is 1040. The highest BCUT2D eigenvalue weighted by molar-refractivity contribution is 5.98. The van der Waals surface area contributed by atoms with Crippen LogP contribution in [0.5, 0.6) is 0 Å². The van der Waals surface area contributed by atoms with Crippen LogP contribution in [0.3, 0.4) is 0 Å². The molecule has 5 nitrogen and oxygen atoms in total. The first-order chi connectivity index (χ1) is 13.1. The molecule has 3 aromatic rings. The Morgan fingerprint density at radius 3 is 2.74 bits per heavy atom. The smallest absolute Gasteiger partial charge is 0.253 e. The zero-order valence-electron chi connectivity index (χ0n) is 15.6. The number of piperidine rings is 1. The van der Waals surface area contributed by atoms with Crippen molar-refractivity contribution in [2.75, 3.05) is 13.1 Å². The fourth-order valence-electron chi connectivity index (χ4n) is 3.91. The topological polar surface area (TPSA) is 61.9 Å². The van der Waals surface area contributed by atoms with Gasteiger partial charge in [-0.3, -0.25) is 9.48 Å². The van der Waals surface area contributed by atoms with Gasteiger partial charge in [-0.05, 0) is 43.5 Å². The molecule has 0 saturated carbocycles. The van der Waals surface area contributed by atoms with Crippen LogP contribution in [0, 0.1) is 24.2 Å². The summed E-state index contributed by atoms with van der Waals surface area (Å²) in [5.41, 5.74) is 4.88. The lowest BCUT2D eigenvalue weighted by Crippen LogP contribution is -2.39. The Labute approximate surface area is 158 Å². The number of carbonyl (C=O) groups excluding carboxylic acids is 1. The molecule has 27 heavy (non-hydrogen) atoms. The molecule has 1 amide bonds. The molecule has 0 spiro atoms. The summed E-state index contributed by atoms with van der Waals surface area (Å²) in [4.78, 5) is 14.6. The molecule has 1 aliphatic heterocycles. The van der Waals surface area contributed by atoms with Crippen molar-refractivity contribution in [1.82, 2.24) is 14.7 Å². The molecule has 1 saturated heterocycles. The molecule has 1 fully saturated rings. The van der Waals surface area contributed by atoms with E-state index in [-0.39, 0.29) is 11.8 Å². The van der Waals surface area contributed by atoms with Gasteiger partial charge in [0.2, 0.25) is 0 Å². The molecule has 1 atom stereocenters. The first-order valence-corrected chi connectivity index (χ1v) is 9.30. The van der Waals surface area contributed by atoms with Crippen LogP contribution in [0.2, 0.25) is 0 Å². The lowest BCUT2D eigenvalue weighted by Gasteiger charge is -2.29. The molecule has 2 aromatic carbocycles. The minimum atomic E-state index is -0.0511. The van der Waals surface area contributed by atoms with Crippen molar-refractivity contribution in [3.63, 3.8) is 0 Å². The van der Waals surface area contributed by atoms with E-state index >= 15 is 0 Å². The number of aryl methyl sites for hydroxylation is 2. The maximum absolute atomic E-state index is 12.8. The number of rotatable bonds is 2. The van der Waals surface area contributed by atoms with E-state index in [1.165, 1.54) is 5.56 Å². The number of benzene rings is 2. The zero-order chi connectivity index (χ0) is 19.0. The third-order valence-electron chi connectivity index (χ3n) is 5.38. The number of hydrogen-bond acceptors (Lipinski definition) is 3. The van der Waals surface area contributed by atoms with Gasteiger partial charge in [0.15, 0.2) is 0 Å². The average molecular weight is 358 g/mol. The van der Waals surface area contributed by atoms with Gasteiger partial charge in [0.05, 0.1) is 17.5 Å². The van der Waals surface area contributed by atoms with Crippen molar-refractivity contribution in [2.24, 2.45) is 13.0 Å². The predicted molar refractivity (Wildman–Crippen MR) is 105 cm³/mol. The van der Waals surface area contributed by atoms with Gasteiger partial charge in [0.25, 0.3) is 5.91 Å². The first kappa shape index (κ1) is 17.3. The second-order valence-electron chi connectivity index (χ2n) is 7.24. The summed E-state index contributed by atoms with van der Waals surface area (Å²) in [5.74, 6) is -0.0478. The van der Waals surface area contributed by atoms with Gasteiger partial charge in [-0.15, -0.1) is 0 Å². The fourth-order valence-corrected chi connectivity index (χ4v) is 3.91. The van der Waals surface area contributed by atoms with Crippen LogP contribution in [-0.4, -0.2) is 33.7 Å². The van der Waals surface area contributed by atoms with Crippen LogP contribution in [0.1, 0.15) is 28.8 Å². The summed E-state index contributed by atoms with van der Waals surface area (Å²) in [5, 5.41) is 15.0. The third kappa shape index (κ3) is 3.08. The Morgan fingerprint density at radius 1 is 1.22 bits per heavy atom. The second-order valence-corrected chi connectivity index (χ2v) is 7.24. The largest absolute Gasteiger partial charge is 0.337 e. The molecule has 5 heteroatoms. The van der Waals surface area contributed by atoms with Gasteiger partial charge in [-0.25, -0.2) is 0 Å². The molecule has 1 aromatic heterocycles. The van der Waals surface area contributed by atoms with Gasteiger partial charge in [-0.2, -0.15) is 10.4 Å². The van der Waals surface area contributed by atoms with Gasteiger partial charge in [0, 0.05) is 36.7 Å². The minimum absolute atomic E-state index is 0.00330. The van der Waals surface area contributed by atoms with E-state index in [0.29, 0.717) is 12.1 Å². The molecule has 1 unspecified atom stereocenters. The van der Waals surface area contributed by atoms with E-state index in [1.807, 2.05) is 42.1 Å². The van der Waals surface area contributed by atoms with Crippen molar-refractivity contribution < 1.29 is 4.79 Å². The predicted octanol–water partition coefficient (Wildman–Crippen LogP) is 3.92. The number of likely N-dealkylation sites (tertiary alicyclic amines) is 1. The number of amides is 1. The molecule has 4 rings (SSSR count). The Kier molecular flexibility index (Phi) is 4.41. The molecule has 1 aliphatic rings. The van der Waals surface area contributed by atoms with Crippen molar-refractivity contribution in [3.05, 3.63) is 53.6 Å². The number of nitrogens with zero attached hydrogens (tertiary/aromatic N) is 4. The third-order valence-corrected chi connectivity index (χ3v) is 5.38. The van der Waals surface area contributed by atoms with Crippen LogP contribution in [-0.2, 0) is 7.05 Å². The van der Waals surface area contributed by atoms with Gasteiger partial charge < -0.3 is 4.90 Å². The lowest BCUT2D eigenvalue weighted by atomic mass is 9.98. The lowest BCUT2D eigenvalue weighted by molar-refractivity contribution is 0.0699. The summed E-state index contributed by atoms with van der Waals surface area (Å²) in [6.07, 6.45) is 1.77. The van der Waals surface area contributed by atoms with Crippen LogP contribution in [0.4, 0.5) is 0 Å². The summed E-state index contributed by atoms with van der Waals surface area (Å²) >= 11 is 0. The van der Waals surface area contributed by atoms with E-state index in [1.54, 1.807) is 4.90 Å². The highest BCUT2D eigenvalue weighted by Crippen LogP contribution is 2.30. The van der Waals surface area contributed by atoms with E-state index in [0.717, 1.165) is 41.5 Å². The van der Waals surface area contributed by atoms with E-state index in [9.17, 15) is 4.79 Å². The molecular weight excluding hydrogens is 336 g/mol. The number of nitriles is 1. The monoisotopic (exact) mass is 358 g/mol. The average Bonchev–Trinajstić information content (AvgIpc) is 3.05. The van der Waals surface area contributed by atoms with Gasteiger partial charge in [0.1, 0.15) is 5.69 Å². The number of hydrogen-bond donors (Lipinski definition) is 0. The van der Waals surface area contributed by atoms with Crippen molar-refractivity contribution in [1.29, 1.82) is 5.26 Å². The number of carbonyl (C=O) groups is 1. The van der Waals surface area contributed by atoms with Gasteiger partial charge >= 0.3 is 0 Å². The minimum Gasteiger partial charge on any atom is -0.337 e. The van der Waals surface area contributed by atoms with Crippen LogP contribution >= 0.6 is 0 Å². The normalized spacial score (nSPS) is 17.1. The molecule has 0 N–H and O–H groups in total. The molecule has 2 heterocycles. The summed E-state index contributed by atoms with van der Waals surface area (Å²) in [6.45, 7) is 3.34. The Morgan fingerprint density at radius 2 is 2.00 bits per heavy atom. The van der Waals surface area contributed by atoms with Crippen molar-refractivity contribution >= 4 is 16.8 Å². The summed E-state index contributed by atoms with van der Waals surface area (Å²) in [6, 6.07) is 16.2. The Hall–Kier alpha value is -3.13. The zero-order valence-corrected chi connectivity index (χ0v) is 15.6. The van der Waals surface area contributed by atoms with Crippen molar-refractivity contribution in [3.8, 4) is 17.3 Å². The van der Waals surface area contributed by atoms with Crippen LogP contribution < -0.4 is 0 Å². The van der Waals surface area contributed by atoms with E-state index < -0.39 is 0 Å². The number of aromatic nitrogens is 2. The van der Waals surface area contributed by atoms with E-state index in [4.69, 9.17) is 10.4 Å². The molecular formula is C22H22N4O. The second kappa shape index (κ2) is 6.88. The number of fused-ring (bicyclic) bond motifs is 1. The first-order valence-electron chi connectivity index (χ1n) is 9.30. The quantitative estimate of drug-likeness (QED) is 0.697. The highest BCUT2D eigenvalue weighted by atomic mass is 16.2. The standard InChI is InChI=1S/C22H22N4O/c1-15-5-3-7-19-20(15)21(24-25(19)2)17-8-10-18(11-9-17)22(27)26-12-4-6-16(13-23)14-26/h3,5,7-11,16H,4,6,12,14H2,1-2H3. The molecule has 136 valence electrons.